The summed E-state index contributed by atoms with van der Waals surface area (Å²) in [6.45, 7) is 0. The van der Waals surface area contributed by atoms with Gasteiger partial charge in [-0.25, -0.2) is 4.39 Å². The smallest absolute Gasteiger partial charge is 0.125 e. The van der Waals surface area contributed by atoms with Gasteiger partial charge in [0.25, 0.3) is 0 Å². The third-order valence-electron chi connectivity index (χ3n) is 5.64. The van der Waals surface area contributed by atoms with Gasteiger partial charge in [-0.3, -0.25) is 0 Å². The molecule has 25 heavy (non-hydrogen) atoms. The zero-order chi connectivity index (χ0) is 17.4. The van der Waals surface area contributed by atoms with E-state index in [9.17, 15) is 9.60 Å². The second-order valence-corrected chi connectivity index (χ2v) is 7.02. The molecule has 0 saturated heterocycles. The van der Waals surface area contributed by atoms with E-state index in [1.165, 1.54) is 24.1 Å². The number of hydrogen-bond donors (Lipinski definition) is 3. The van der Waals surface area contributed by atoms with Gasteiger partial charge < -0.3 is 10.5 Å². The Morgan fingerprint density at radius 3 is 2.64 bits per heavy atom. The minimum atomic E-state index is -0.407. The van der Waals surface area contributed by atoms with Crippen LogP contribution in [0.3, 0.4) is 0 Å². The normalized spacial score (nSPS) is 20.8. The Labute approximate surface area is 146 Å². The maximum absolute atomic E-state index is 13.8. The Kier molecular flexibility index (Phi) is 3.95. The van der Waals surface area contributed by atoms with Gasteiger partial charge in [0.15, 0.2) is 0 Å². The zero-order valence-corrected chi connectivity index (χ0v) is 13.8. The maximum atomic E-state index is 13.8. The molecule has 1 heterocycles. The van der Waals surface area contributed by atoms with E-state index < -0.39 is 5.82 Å². The van der Waals surface area contributed by atoms with E-state index in [2.05, 4.69) is 16.9 Å². The minimum absolute atomic E-state index is 0.149. The van der Waals surface area contributed by atoms with Gasteiger partial charge in [-0.1, -0.05) is 25.3 Å². The first-order valence-electron chi connectivity index (χ1n) is 8.68. The van der Waals surface area contributed by atoms with Crippen molar-refractivity contribution in [3.05, 3.63) is 53.3 Å². The third kappa shape index (κ3) is 2.58. The highest BCUT2D eigenvalue weighted by Crippen LogP contribution is 2.50. The molecule has 3 N–H and O–H groups in total. The molecule has 1 unspecified atom stereocenters. The molecule has 1 aliphatic carbocycles. The van der Waals surface area contributed by atoms with Crippen LogP contribution in [0.5, 0.6) is 0 Å². The number of nitrogens with one attached hydrogen (secondary N) is 2. The van der Waals surface area contributed by atoms with E-state index in [1.54, 1.807) is 6.07 Å². The van der Waals surface area contributed by atoms with E-state index in [4.69, 9.17) is 5.26 Å². The summed E-state index contributed by atoms with van der Waals surface area (Å²) in [5, 5.41) is 22.1. The molecule has 1 spiro atoms. The first kappa shape index (κ1) is 16.1. The van der Waals surface area contributed by atoms with E-state index >= 15 is 0 Å². The molecule has 5 heteroatoms. The summed E-state index contributed by atoms with van der Waals surface area (Å²) >= 11 is 0. The van der Waals surface area contributed by atoms with Gasteiger partial charge in [0.2, 0.25) is 0 Å². The molecule has 1 saturated carbocycles. The Balaban J connectivity index is 1.82. The van der Waals surface area contributed by atoms with Gasteiger partial charge in [0.1, 0.15) is 12.0 Å². The second-order valence-electron chi connectivity index (χ2n) is 7.02. The number of anilines is 1. The van der Waals surface area contributed by atoms with Crippen molar-refractivity contribution in [1.29, 1.82) is 5.26 Å². The minimum Gasteiger partial charge on any atom is -0.367 e. The van der Waals surface area contributed by atoms with Gasteiger partial charge in [0, 0.05) is 11.1 Å². The lowest BCUT2D eigenvalue weighted by molar-refractivity contribution is 0.0854. The summed E-state index contributed by atoms with van der Waals surface area (Å²) in [7, 11) is 0. The van der Waals surface area contributed by atoms with Crippen LogP contribution >= 0.6 is 0 Å². The molecule has 4 nitrogen and oxygen atoms in total. The number of hydroxylamine groups is 1. The average Bonchev–Trinajstić information content (AvgIpc) is 2.94. The van der Waals surface area contributed by atoms with Gasteiger partial charge in [-0.05, 0) is 59.9 Å². The van der Waals surface area contributed by atoms with Crippen molar-refractivity contribution in [2.24, 2.45) is 0 Å². The highest BCUT2D eigenvalue weighted by molar-refractivity contribution is 5.73. The maximum Gasteiger partial charge on any atom is 0.125 e. The molecule has 4 rings (SSSR count). The predicted octanol–water partition coefficient (Wildman–Crippen LogP) is 4.30. The van der Waals surface area contributed by atoms with E-state index in [-0.39, 0.29) is 11.6 Å². The molecule has 2 aromatic rings. The quantitative estimate of drug-likeness (QED) is 0.715. The van der Waals surface area contributed by atoms with Gasteiger partial charge >= 0.3 is 0 Å². The highest BCUT2D eigenvalue weighted by Gasteiger charge is 2.47. The fourth-order valence-corrected chi connectivity index (χ4v) is 4.43. The molecule has 2 aliphatic rings. The van der Waals surface area contributed by atoms with Crippen LogP contribution in [0, 0.1) is 17.1 Å². The van der Waals surface area contributed by atoms with Gasteiger partial charge in [0.05, 0.1) is 11.6 Å². The van der Waals surface area contributed by atoms with Crippen LogP contribution in [0.25, 0.3) is 11.1 Å². The van der Waals surface area contributed by atoms with Crippen molar-refractivity contribution in [2.45, 2.75) is 43.7 Å². The number of fused-ring (bicyclic) bond motifs is 2. The van der Waals surface area contributed by atoms with Crippen molar-refractivity contribution >= 4 is 5.69 Å². The predicted molar refractivity (Wildman–Crippen MR) is 93.6 cm³/mol. The molecule has 1 aliphatic heterocycles. The van der Waals surface area contributed by atoms with Gasteiger partial charge in [-0.15, -0.1) is 0 Å². The SMILES string of the molecule is N#Cc1cc(F)cc(-c2ccc3c(c2)C2(CCCCC2)C(NO)N3)c1. The van der Waals surface area contributed by atoms with E-state index in [0.29, 0.717) is 11.1 Å². The van der Waals surface area contributed by atoms with Crippen LogP contribution in [0.2, 0.25) is 0 Å². The van der Waals surface area contributed by atoms with Crippen molar-refractivity contribution < 1.29 is 9.60 Å². The number of rotatable bonds is 2. The Morgan fingerprint density at radius 2 is 1.92 bits per heavy atom. The van der Waals surface area contributed by atoms with Crippen LogP contribution < -0.4 is 10.8 Å². The molecular formula is C20H20FN3O. The van der Waals surface area contributed by atoms with Crippen molar-refractivity contribution in [2.75, 3.05) is 5.32 Å². The molecule has 0 amide bonds. The number of halogens is 1. The summed E-state index contributed by atoms with van der Waals surface area (Å²) in [6, 6.07) is 12.4. The Bertz CT molecular complexity index is 853. The molecule has 0 bridgehead atoms. The largest absolute Gasteiger partial charge is 0.367 e. The molecule has 0 aromatic heterocycles. The highest BCUT2D eigenvalue weighted by atomic mass is 19.1. The fourth-order valence-electron chi connectivity index (χ4n) is 4.43. The lowest BCUT2D eigenvalue weighted by atomic mass is 9.68. The fraction of sp³-hybridized carbons (Fsp3) is 0.350. The molecule has 1 atom stereocenters. The summed E-state index contributed by atoms with van der Waals surface area (Å²) < 4.78 is 13.8. The molecule has 1 fully saturated rings. The first-order valence-corrected chi connectivity index (χ1v) is 8.68. The standard InChI is InChI=1S/C20H20FN3O/c21-16-9-13(12-22)8-15(10-16)14-4-5-18-17(11-14)20(19(23-18)24-25)6-2-1-3-7-20/h4-5,8-11,19,23-25H,1-3,6-7H2. The monoisotopic (exact) mass is 337 g/mol. The number of nitriles is 1. The van der Waals surface area contributed by atoms with Gasteiger partial charge in [-0.2, -0.15) is 10.7 Å². The van der Waals surface area contributed by atoms with Crippen LogP contribution in [0.1, 0.15) is 43.2 Å². The molecular weight excluding hydrogens is 317 g/mol. The first-order chi connectivity index (χ1) is 12.2. The Morgan fingerprint density at radius 1 is 1.12 bits per heavy atom. The van der Waals surface area contributed by atoms with Crippen LogP contribution in [-0.2, 0) is 5.41 Å². The average molecular weight is 337 g/mol. The summed E-state index contributed by atoms with van der Waals surface area (Å²) in [5.74, 6) is -0.407. The molecule has 2 aromatic carbocycles. The Hall–Kier alpha value is -2.42. The van der Waals surface area contributed by atoms with E-state index in [0.717, 1.165) is 36.9 Å². The van der Waals surface area contributed by atoms with E-state index in [1.807, 2.05) is 18.2 Å². The molecule has 128 valence electrons. The van der Waals surface area contributed by atoms with Crippen LogP contribution in [0.4, 0.5) is 10.1 Å². The number of hydrogen-bond acceptors (Lipinski definition) is 4. The summed E-state index contributed by atoms with van der Waals surface area (Å²) in [5.41, 5.74) is 6.37. The van der Waals surface area contributed by atoms with Crippen molar-refractivity contribution in [1.82, 2.24) is 5.48 Å². The summed E-state index contributed by atoms with van der Waals surface area (Å²) in [6.07, 6.45) is 5.26. The van der Waals surface area contributed by atoms with Crippen LogP contribution in [0.15, 0.2) is 36.4 Å². The second kappa shape index (κ2) is 6.14. The lowest BCUT2D eigenvalue weighted by Crippen LogP contribution is -2.48. The molecule has 0 radical (unpaired) electrons. The van der Waals surface area contributed by atoms with Crippen molar-refractivity contribution in [3.8, 4) is 17.2 Å². The van der Waals surface area contributed by atoms with Crippen LogP contribution in [-0.4, -0.2) is 11.4 Å². The number of benzene rings is 2. The van der Waals surface area contributed by atoms with Crippen molar-refractivity contribution in [3.63, 3.8) is 0 Å². The third-order valence-corrected chi connectivity index (χ3v) is 5.64. The lowest BCUT2D eigenvalue weighted by Gasteiger charge is -2.38. The topological polar surface area (TPSA) is 68.1 Å². The number of nitrogens with zero attached hydrogens (tertiary/aromatic N) is 1. The summed E-state index contributed by atoms with van der Waals surface area (Å²) in [4.78, 5) is 0. The zero-order valence-electron chi connectivity index (χ0n) is 13.8.